The number of likely N-dealkylation sites (tertiary alicyclic amines) is 1. The highest BCUT2D eigenvalue weighted by Crippen LogP contribution is 2.23. The van der Waals surface area contributed by atoms with Crippen LogP contribution in [-0.2, 0) is 9.53 Å². The van der Waals surface area contributed by atoms with Gasteiger partial charge in [-0.15, -0.1) is 0 Å². The molecule has 2 saturated heterocycles. The fraction of sp³-hybridized carbons (Fsp3) is 0.400. The number of nitrogens with zero attached hydrogens (tertiary/aromatic N) is 3. The van der Waals surface area contributed by atoms with E-state index in [2.05, 4.69) is 0 Å². The van der Waals surface area contributed by atoms with Crippen LogP contribution >= 0.6 is 0 Å². The van der Waals surface area contributed by atoms with Gasteiger partial charge in [-0.3, -0.25) is 9.59 Å². The summed E-state index contributed by atoms with van der Waals surface area (Å²) in [7, 11) is 0. The molecule has 0 aliphatic carbocycles. The fourth-order valence-corrected chi connectivity index (χ4v) is 3.73. The lowest BCUT2D eigenvalue weighted by molar-refractivity contribution is -0.139. The molecule has 0 saturated carbocycles. The van der Waals surface area contributed by atoms with Crippen LogP contribution in [0.15, 0.2) is 48.8 Å². The standard InChI is InChI=1S/C20H23N3O3/c24-19(16-5-3-6-17(15-16)21-8-1-2-9-21)23-10-4-7-18(23)20(25)22-11-13-26-14-12-22/h1-3,5-6,8-9,15,18H,4,7,10-14H2/t18-/m0/s1. The monoisotopic (exact) mass is 353 g/mol. The number of ether oxygens (including phenoxy) is 1. The Morgan fingerprint density at radius 3 is 2.54 bits per heavy atom. The molecule has 2 aliphatic rings. The Morgan fingerprint density at radius 1 is 1.00 bits per heavy atom. The minimum Gasteiger partial charge on any atom is -0.378 e. The predicted molar refractivity (Wildman–Crippen MR) is 97.2 cm³/mol. The lowest BCUT2D eigenvalue weighted by atomic mass is 10.1. The molecule has 0 radical (unpaired) electrons. The van der Waals surface area contributed by atoms with E-state index < -0.39 is 0 Å². The van der Waals surface area contributed by atoms with Crippen LogP contribution in [0.1, 0.15) is 23.2 Å². The highest BCUT2D eigenvalue weighted by molar-refractivity contribution is 5.98. The van der Waals surface area contributed by atoms with Crippen LogP contribution in [0.5, 0.6) is 0 Å². The fourth-order valence-electron chi connectivity index (χ4n) is 3.73. The molecule has 0 unspecified atom stereocenters. The summed E-state index contributed by atoms with van der Waals surface area (Å²) in [4.78, 5) is 29.5. The van der Waals surface area contributed by atoms with Gasteiger partial charge in [0, 0.05) is 43.3 Å². The first-order valence-corrected chi connectivity index (χ1v) is 9.15. The molecular formula is C20H23N3O3. The second-order valence-electron chi connectivity index (χ2n) is 6.73. The van der Waals surface area contributed by atoms with Gasteiger partial charge in [-0.1, -0.05) is 6.07 Å². The van der Waals surface area contributed by atoms with Crippen LogP contribution in [-0.4, -0.2) is 65.1 Å². The molecule has 1 aromatic carbocycles. The lowest BCUT2D eigenvalue weighted by Gasteiger charge is -2.32. The van der Waals surface area contributed by atoms with Crippen LogP contribution in [0.2, 0.25) is 0 Å². The molecule has 2 fully saturated rings. The van der Waals surface area contributed by atoms with E-state index in [0.29, 0.717) is 38.4 Å². The first kappa shape index (κ1) is 16.8. The summed E-state index contributed by atoms with van der Waals surface area (Å²) < 4.78 is 7.30. The Morgan fingerprint density at radius 2 is 1.77 bits per heavy atom. The molecular weight excluding hydrogens is 330 g/mol. The molecule has 0 bridgehead atoms. The van der Waals surface area contributed by atoms with Gasteiger partial charge in [-0.25, -0.2) is 0 Å². The lowest BCUT2D eigenvalue weighted by Crippen LogP contribution is -2.51. The summed E-state index contributed by atoms with van der Waals surface area (Å²) in [6.45, 7) is 3.00. The van der Waals surface area contributed by atoms with Crippen molar-refractivity contribution in [2.24, 2.45) is 0 Å². The third-order valence-corrected chi connectivity index (χ3v) is 5.12. The number of benzene rings is 1. The molecule has 2 amide bonds. The van der Waals surface area contributed by atoms with Crippen molar-refractivity contribution in [1.29, 1.82) is 0 Å². The third-order valence-electron chi connectivity index (χ3n) is 5.12. The van der Waals surface area contributed by atoms with E-state index in [1.807, 2.05) is 58.3 Å². The molecule has 0 spiro atoms. The third kappa shape index (κ3) is 3.24. The van der Waals surface area contributed by atoms with E-state index >= 15 is 0 Å². The number of aromatic nitrogens is 1. The van der Waals surface area contributed by atoms with Gasteiger partial charge in [-0.05, 0) is 43.2 Å². The SMILES string of the molecule is O=C([C@@H]1CCCN1C(=O)c1cccc(-n2cccc2)c1)N1CCOCC1. The van der Waals surface area contributed by atoms with Gasteiger partial charge in [0.05, 0.1) is 13.2 Å². The molecule has 1 atom stereocenters. The molecule has 6 heteroatoms. The summed E-state index contributed by atoms with van der Waals surface area (Å²) in [5.41, 5.74) is 1.56. The van der Waals surface area contributed by atoms with E-state index in [0.717, 1.165) is 18.5 Å². The van der Waals surface area contributed by atoms with Crippen molar-refractivity contribution in [3.8, 4) is 5.69 Å². The molecule has 1 aromatic heterocycles. The van der Waals surface area contributed by atoms with Crippen molar-refractivity contribution in [2.45, 2.75) is 18.9 Å². The number of rotatable bonds is 3. The van der Waals surface area contributed by atoms with Crippen LogP contribution in [0.4, 0.5) is 0 Å². The van der Waals surface area contributed by atoms with Crippen molar-refractivity contribution in [2.75, 3.05) is 32.8 Å². The number of carbonyl (C=O) groups is 2. The molecule has 4 rings (SSSR count). The maximum absolute atomic E-state index is 13.1. The second kappa shape index (κ2) is 7.33. The number of carbonyl (C=O) groups excluding carboxylic acids is 2. The molecule has 0 N–H and O–H groups in total. The Balaban J connectivity index is 1.53. The summed E-state index contributed by atoms with van der Waals surface area (Å²) in [6.07, 6.45) is 5.50. The van der Waals surface area contributed by atoms with Crippen molar-refractivity contribution >= 4 is 11.8 Å². The zero-order chi connectivity index (χ0) is 17.9. The molecule has 136 valence electrons. The van der Waals surface area contributed by atoms with Gasteiger partial charge >= 0.3 is 0 Å². The Bertz CT molecular complexity index is 781. The predicted octanol–water partition coefficient (Wildman–Crippen LogP) is 1.94. The summed E-state index contributed by atoms with van der Waals surface area (Å²) in [6, 6.07) is 11.1. The highest BCUT2D eigenvalue weighted by atomic mass is 16.5. The van der Waals surface area contributed by atoms with Gasteiger partial charge < -0.3 is 19.1 Å². The first-order valence-electron chi connectivity index (χ1n) is 9.15. The summed E-state index contributed by atoms with van der Waals surface area (Å²) in [5.74, 6) is -0.0103. The van der Waals surface area contributed by atoms with Crippen molar-refractivity contribution in [3.63, 3.8) is 0 Å². The van der Waals surface area contributed by atoms with Crippen LogP contribution in [0, 0.1) is 0 Å². The van der Waals surface area contributed by atoms with Gasteiger partial charge in [0.1, 0.15) is 6.04 Å². The van der Waals surface area contributed by atoms with Crippen LogP contribution in [0.3, 0.4) is 0 Å². The topological polar surface area (TPSA) is 54.8 Å². The van der Waals surface area contributed by atoms with Crippen LogP contribution in [0.25, 0.3) is 5.69 Å². The first-order chi connectivity index (χ1) is 12.7. The van der Waals surface area contributed by atoms with E-state index in [-0.39, 0.29) is 17.9 Å². The molecule has 26 heavy (non-hydrogen) atoms. The average Bonchev–Trinajstić information content (AvgIpc) is 3.39. The maximum atomic E-state index is 13.1. The summed E-state index contributed by atoms with van der Waals surface area (Å²) in [5, 5.41) is 0. The van der Waals surface area contributed by atoms with E-state index in [4.69, 9.17) is 4.74 Å². The van der Waals surface area contributed by atoms with Gasteiger partial charge in [0.2, 0.25) is 5.91 Å². The zero-order valence-corrected chi connectivity index (χ0v) is 14.7. The quantitative estimate of drug-likeness (QED) is 0.847. The zero-order valence-electron chi connectivity index (χ0n) is 14.7. The number of hydrogen-bond acceptors (Lipinski definition) is 3. The second-order valence-corrected chi connectivity index (χ2v) is 6.73. The largest absolute Gasteiger partial charge is 0.378 e. The average molecular weight is 353 g/mol. The van der Waals surface area contributed by atoms with Gasteiger partial charge in [0.25, 0.3) is 5.91 Å². The molecule has 3 heterocycles. The molecule has 2 aromatic rings. The van der Waals surface area contributed by atoms with Crippen molar-refractivity contribution in [3.05, 3.63) is 54.4 Å². The highest BCUT2D eigenvalue weighted by Gasteiger charge is 2.37. The number of amides is 2. The normalized spacial score (nSPS) is 20.4. The van der Waals surface area contributed by atoms with E-state index in [9.17, 15) is 9.59 Å². The van der Waals surface area contributed by atoms with Gasteiger partial charge in [0.15, 0.2) is 0 Å². The Kier molecular flexibility index (Phi) is 4.75. The Labute approximate surface area is 153 Å². The van der Waals surface area contributed by atoms with E-state index in [1.54, 1.807) is 4.90 Å². The van der Waals surface area contributed by atoms with Crippen LogP contribution < -0.4 is 0 Å². The van der Waals surface area contributed by atoms with Gasteiger partial charge in [-0.2, -0.15) is 0 Å². The minimum absolute atomic E-state index is 0.0562. The number of morpholine rings is 1. The molecule has 2 aliphatic heterocycles. The summed E-state index contributed by atoms with van der Waals surface area (Å²) >= 11 is 0. The van der Waals surface area contributed by atoms with E-state index in [1.165, 1.54) is 0 Å². The maximum Gasteiger partial charge on any atom is 0.254 e. The van der Waals surface area contributed by atoms with Crippen molar-refractivity contribution < 1.29 is 14.3 Å². The smallest absolute Gasteiger partial charge is 0.254 e. The molecule has 6 nitrogen and oxygen atoms in total. The van der Waals surface area contributed by atoms with Crippen molar-refractivity contribution in [1.82, 2.24) is 14.4 Å². The number of hydrogen-bond donors (Lipinski definition) is 0. The minimum atomic E-state index is -0.351. The Hall–Kier alpha value is -2.60.